The minimum absolute atomic E-state index is 0.257. The van der Waals surface area contributed by atoms with Gasteiger partial charge in [0.25, 0.3) is 0 Å². The Morgan fingerprint density at radius 1 is 1.18 bits per heavy atom. The summed E-state index contributed by atoms with van der Waals surface area (Å²) in [6.07, 6.45) is 0. The van der Waals surface area contributed by atoms with E-state index in [-0.39, 0.29) is 5.56 Å². The topological polar surface area (TPSA) is 62.2 Å². The lowest BCUT2D eigenvalue weighted by molar-refractivity contribution is 0.0697. The Kier molecular flexibility index (Phi) is 3.89. The zero-order valence-electron chi connectivity index (χ0n) is 11.9. The van der Waals surface area contributed by atoms with Crippen LogP contribution in [0.4, 0.5) is 10.8 Å². The Labute approximate surface area is 132 Å². The molecule has 0 amide bonds. The molecule has 110 valence electrons. The van der Waals surface area contributed by atoms with Crippen LogP contribution in [0.2, 0.25) is 0 Å². The summed E-state index contributed by atoms with van der Waals surface area (Å²) < 4.78 is 0. The molecule has 0 radical (unpaired) electrons. The maximum absolute atomic E-state index is 11.1. The van der Waals surface area contributed by atoms with Crippen molar-refractivity contribution in [3.8, 4) is 11.3 Å². The van der Waals surface area contributed by atoms with Crippen molar-refractivity contribution in [2.45, 2.75) is 6.92 Å². The van der Waals surface area contributed by atoms with Gasteiger partial charge in [-0.15, -0.1) is 11.3 Å². The third-order valence-corrected chi connectivity index (χ3v) is 4.06. The lowest BCUT2D eigenvalue weighted by Gasteiger charge is -2.07. The van der Waals surface area contributed by atoms with Gasteiger partial charge in [0.05, 0.1) is 11.3 Å². The number of benzene rings is 2. The fourth-order valence-electron chi connectivity index (χ4n) is 2.08. The van der Waals surface area contributed by atoms with Crippen molar-refractivity contribution in [1.82, 2.24) is 4.98 Å². The summed E-state index contributed by atoms with van der Waals surface area (Å²) in [5.41, 5.74) is 3.95. The fraction of sp³-hybridized carbons (Fsp3) is 0.0588. The number of aryl methyl sites for hydroxylation is 1. The van der Waals surface area contributed by atoms with Crippen LogP contribution >= 0.6 is 11.3 Å². The molecule has 22 heavy (non-hydrogen) atoms. The van der Waals surface area contributed by atoms with Gasteiger partial charge in [-0.1, -0.05) is 36.4 Å². The molecule has 0 aliphatic rings. The average molecular weight is 310 g/mol. The minimum atomic E-state index is -0.938. The molecule has 3 rings (SSSR count). The first-order valence-corrected chi connectivity index (χ1v) is 7.63. The molecule has 0 aliphatic carbocycles. The van der Waals surface area contributed by atoms with Gasteiger partial charge in [0.1, 0.15) is 0 Å². The van der Waals surface area contributed by atoms with Crippen molar-refractivity contribution in [2.75, 3.05) is 5.32 Å². The summed E-state index contributed by atoms with van der Waals surface area (Å²) in [5, 5.41) is 15.0. The maximum Gasteiger partial charge on any atom is 0.335 e. The van der Waals surface area contributed by atoms with Crippen LogP contribution in [0.3, 0.4) is 0 Å². The van der Waals surface area contributed by atoms with Crippen LogP contribution in [0.15, 0.2) is 53.9 Å². The summed E-state index contributed by atoms with van der Waals surface area (Å²) in [5.74, 6) is -0.938. The molecular formula is C17H14N2O2S. The molecule has 0 spiro atoms. The molecule has 4 nitrogen and oxygen atoms in total. The van der Waals surface area contributed by atoms with Crippen molar-refractivity contribution in [2.24, 2.45) is 0 Å². The highest BCUT2D eigenvalue weighted by atomic mass is 32.1. The summed E-state index contributed by atoms with van der Waals surface area (Å²) in [6, 6.07) is 14.9. The third-order valence-electron chi connectivity index (χ3n) is 3.30. The molecule has 1 heterocycles. The van der Waals surface area contributed by atoms with Gasteiger partial charge in [0.2, 0.25) is 0 Å². The van der Waals surface area contributed by atoms with Crippen LogP contribution in [0.1, 0.15) is 15.9 Å². The summed E-state index contributed by atoms with van der Waals surface area (Å²) >= 11 is 1.49. The number of anilines is 2. The van der Waals surface area contributed by atoms with Gasteiger partial charge >= 0.3 is 5.97 Å². The number of rotatable bonds is 4. The Morgan fingerprint density at radius 3 is 2.68 bits per heavy atom. The smallest absolute Gasteiger partial charge is 0.335 e. The van der Waals surface area contributed by atoms with Crippen molar-refractivity contribution in [1.29, 1.82) is 0 Å². The molecule has 0 unspecified atom stereocenters. The molecule has 0 saturated carbocycles. The number of hydrogen-bond acceptors (Lipinski definition) is 4. The summed E-state index contributed by atoms with van der Waals surface area (Å²) in [6.45, 7) is 1.93. The Morgan fingerprint density at radius 2 is 1.95 bits per heavy atom. The number of thiazole rings is 1. The van der Waals surface area contributed by atoms with E-state index in [2.05, 4.69) is 10.3 Å². The van der Waals surface area contributed by atoms with E-state index < -0.39 is 5.97 Å². The van der Waals surface area contributed by atoms with Crippen molar-refractivity contribution >= 4 is 28.1 Å². The second-order valence-electron chi connectivity index (χ2n) is 4.86. The molecular weight excluding hydrogens is 296 g/mol. The number of aromatic nitrogens is 1. The highest BCUT2D eigenvalue weighted by molar-refractivity contribution is 7.14. The minimum Gasteiger partial charge on any atom is -0.478 e. The van der Waals surface area contributed by atoms with Gasteiger partial charge in [0, 0.05) is 16.6 Å². The van der Waals surface area contributed by atoms with Gasteiger partial charge < -0.3 is 10.4 Å². The second kappa shape index (κ2) is 5.99. The van der Waals surface area contributed by atoms with E-state index >= 15 is 0 Å². The average Bonchev–Trinajstić information content (AvgIpc) is 2.99. The van der Waals surface area contributed by atoms with Crippen molar-refractivity contribution in [3.05, 3.63) is 65.0 Å². The summed E-state index contributed by atoms with van der Waals surface area (Å²) in [7, 11) is 0. The van der Waals surface area contributed by atoms with Gasteiger partial charge in [-0.25, -0.2) is 9.78 Å². The largest absolute Gasteiger partial charge is 0.478 e. The van der Waals surface area contributed by atoms with E-state index in [1.165, 1.54) is 11.3 Å². The van der Waals surface area contributed by atoms with Crippen LogP contribution < -0.4 is 5.32 Å². The predicted molar refractivity (Wildman–Crippen MR) is 89.0 cm³/mol. The van der Waals surface area contributed by atoms with E-state index in [0.717, 1.165) is 27.6 Å². The molecule has 5 heteroatoms. The number of hydrogen-bond donors (Lipinski definition) is 2. The lowest BCUT2D eigenvalue weighted by atomic mass is 10.1. The number of carboxylic acids is 1. The van der Waals surface area contributed by atoms with Gasteiger partial charge in [0.15, 0.2) is 5.13 Å². The van der Waals surface area contributed by atoms with Crippen LogP contribution in [-0.2, 0) is 0 Å². The number of nitrogens with one attached hydrogen (secondary N) is 1. The van der Waals surface area contributed by atoms with E-state index in [9.17, 15) is 4.79 Å². The first kappa shape index (κ1) is 14.3. The first-order valence-electron chi connectivity index (χ1n) is 6.75. The SMILES string of the molecule is Cc1ccc(C(=O)O)cc1Nc1nc(-c2ccccc2)cs1. The fourth-order valence-corrected chi connectivity index (χ4v) is 2.81. The molecule has 0 aliphatic heterocycles. The van der Waals surface area contributed by atoms with Crippen LogP contribution in [0.25, 0.3) is 11.3 Å². The van der Waals surface area contributed by atoms with E-state index in [1.54, 1.807) is 18.2 Å². The molecule has 2 aromatic carbocycles. The standard InChI is InChI=1S/C17H14N2O2S/c1-11-7-8-13(16(20)21)9-14(11)18-17-19-15(10-22-17)12-5-3-2-4-6-12/h2-10H,1H3,(H,18,19)(H,20,21). The Balaban J connectivity index is 1.87. The maximum atomic E-state index is 11.1. The van der Waals surface area contributed by atoms with Gasteiger partial charge in [-0.2, -0.15) is 0 Å². The van der Waals surface area contributed by atoms with Gasteiger partial charge in [-0.05, 0) is 24.6 Å². The molecule has 3 aromatic rings. The summed E-state index contributed by atoms with van der Waals surface area (Å²) in [4.78, 5) is 15.6. The highest BCUT2D eigenvalue weighted by Crippen LogP contribution is 2.28. The van der Waals surface area contributed by atoms with E-state index in [0.29, 0.717) is 0 Å². The third kappa shape index (κ3) is 2.99. The van der Waals surface area contributed by atoms with E-state index in [1.807, 2.05) is 42.6 Å². The lowest BCUT2D eigenvalue weighted by Crippen LogP contribution is -1.99. The van der Waals surface area contributed by atoms with Crippen molar-refractivity contribution in [3.63, 3.8) is 0 Å². The number of nitrogens with zero attached hydrogens (tertiary/aromatic N) is 1. The Bertz CT molecular complexity index is 813. The van der Waals surface area contributed by atoms with Gasteiger partial charge in [-0.3, -0.25) is 0 Å². The second-order valence-corrected chi connectivity index (χ2v) is 5.72. The number of aromatic carboxylic acids is 1. The molecule has 0 atom stereocenters. The van der Waals surface area contributed by atoms with Crippen molar-refractivity contribution < 1.29 is 9.90 Å². The molecule has 0 saturated heterocycles. The number of carboxylic acid groups (broad SMARTS) is 1. The molecule has 1 aromatic heterocycles. The van der Waals surface area contributed by atoms with Crippen LogP contribution in [0.5, 0.6) is 0 Å². The normalized spacial score (nSPS) is 10.4. The predicted octanol–water partition coefficient (Wildman–Crippen LogP) is 4.56. The number of carbonyl (C=O) groups is 1. The monoisotopic (exact) mass is 310 g/mol. The highest BCUT2D eigenvalue weighted by Gasteiger charge is 2.09. The molecule has 0 fully saturated rings. The van der Waals surface area contributed by atoms with Crippen LogP contribution in [0, 0.1) is 6.92 Å². The van der Waals surface area contributed by atoms with E-state index in [4.69, 9.17) is 5.11 Å². The molecule has 2 N–H and O–H groups in total. The zero-order chi connectivity index (χ0) is 15.5. The first-order chi connectivity index (χ1) is 10.6. The zero-order valence-corrected chi connectivity index (χ0v) is 12.7. The molecule has 0 bridgehead atoms. The van der Waals surface area contributed by atoms with Crippen LogP contribution in [-0.4, -0.2) is 16.1 Å². The Hall–Kier alpha value is -2.66. The quantitative estimate of drug-likeness (QED) is 0.741.